The second kappa shape index (κ2) is 5.53. The van der Waals surface area contributed by atoms with E-state index >= 15 is 0 Å². The van der Waals surface area contributed by atoms with Gasteiger partial charge in [0.15, 0.2) is 0 Å². The molecule has 0 amide bonds. The summed E-state index contributed by atoms with van der Waals surface area (Å²) in [5, 5.41) is 18.3. The molecule has 1 aromatic heterocycles. The minimum absolute atomic E-state index is 0.000647. The van der Waals surface area contributed by atoms with Gasteiger partial charge in [0.25, 0.3) is 5.69 Å². The first kappa shape index (κ1) is 13.1. The smallest absolute Gasteiger partial charge is 0.271 e. The van der Waals surface area contributed by atoms with Gasteiger partial charge >= 0.3 is 0 Å². The lowest BCUT2D eigenvalue weighted by molar-refractivity contribution is -0.384. The molecule has 0 fully saturated rings. The molecule has 0 saturated carbocycles. The van der Waals surface area contributed by atoms with Gasteiger partial charge in [-0.25, -0.2) is 9.07 Å². The number of nitro groups is 1. The highest BCUT2D eigenvalue weighted by Gasteiger charge is 2.13. The molecule has 0 spiro atoms. The molecular weight excluding hydrogens is 253 g/mol. The summed E-state index contributed by atoms with van der Waals surface area (Å²) in [7, 11) is 0. The summed E-state index contributed by atoms with van der Waals surface area (Å²) in [6.07, 6.45) is 2.92. The number of nitro benzene ring substituents is 1. The second-order valence-corrected chi connectivity index (χ2v) is 3.94. The van der Waals surface area contributed by atoms with Crippen molar-refractivity contribution < 1.29 is 9.31 Å². The zero-order chi connectivity index (χ0) is 13.8. The molecule has 2 rings (SSSR count). The maximum absolute atomic E-state index is 13.6. The summed E-state index contributed by atoms with van der Waals surface area (Å²) in [5.41, 5.74) is 5.85. The minimum atomic E-state index is -0.596. The Morgan fingerprint density at radius 2 is 2.26 bits per heavy atom. The molecule has 0 aliphatic heterocycles. The number of non-ortho nitro benzene ring substituents is 1. The third kappa shape index (κ3) is 2.91. The quantitative estimate of drug-likeness (QED) is 0.646. The van der Waals surface area contributed by atoms with E-state index in [1.165, 1.54) is 10.9 Å². The molecule has 19 heavy (non-hydrogen) atoms. The van der Waals surface area contributed by atoms with Crippen molar-refractivity contribution in [1.82, 2.24) is 15.0 Å². The Hall–Kier alpha value is -2.35. The van der Waals surface area contributed by atoms with Gasteiger partial charge < -0.3 is 5.73 Å². The average molecular weight is 265 g/mol. The molecule has 1 aromatic carbocycles. The average Bonchev–Trinajstić information content (AvgIpc) is 2.85. The molecule has 2 aromatic rings. The van der Waals surface area contributed by atoms with E-state index in [1.807, 2.05) is 0 Å². The Kier molecular flexibility index (Phi) is 3.81. The Morgan fingerprint density at radius 1 is 1.47 bits per heavy atom. The first-order chi connectivity index (χ1) is 9.11. The van der Waals surface area contributed by atoms with Gasteiger partial charge in [-0.2, -0.15) is 0 Å². The summed E-state index contributed by atoms with van der Waals surface area (Å²) in [6, 6.07) is 3.26. The zero-order valence-electron chi connectivity index (χ0n) is 9.99. The van der Waals surface area contributed by atoms with E-state index in [-0.39, 0.29) is 11.4 Å². The monoisotopic (exact) mass is 265 g/mol. The van der Waals surface area contributed by atoms with Crippen LogP contribution in [-0.4, -0.2) is 26.5 Å². The number of rotatable bonds is 5. The fraction of sp³-hybridized carbons (Fsp3) is 0.273. The van der Waals surface area contributed by atoms with Gasteiger partial charge in [0.1, 0.15) is 11.5 Å². The van der Waals surface area contributed by atoms with Gasteiger partial charge in [0.2, 0.25) is 0 Å². The van der Waals surface area contributed by atoms with Crippen molar-refractivity contribution in [3.63, 3.8) is 0 Å². The van der Waals surface area contributed by atoms with Crippen LogP contribution < -0.4 is 5.73 Å². The summed E-state index contributed by atoms with van der Waals surface area (Å²) < 4.78 is 14.8. The van der Waals surface area contributed by atoms with Crippen molar-refractivity contribution >= 4 is 5.69 Å². The maximum Gasteiger partial charge on any atom is 0.271 e. The Bertz CT molecular complexity index is 599. The lowest BCUT2D eigenvalue weighted by atomic mass is 10.2. The standard InChI is InChI=1S/C11H12FN5O2/c12-10-4-3-9(17(18)19)6-11(10)16-7-8(14-15-16)2-1-5-13/h3-4,6-7H,1-2,5,13H2. The summed E-state index contributed by atoms with van der Waals surface area (Å²) in [6.45, 7) is 0.526. The third-order valence-electron chi connectivity index (χ3n) is 2.57. The van der Waals surface area contributed by atoms with Crippen molar-refractivity contribution in [3.05, 3.63) is 46.0 Å². The normalized spacial score (nSPS) is 10.6. The van der Waals surface area contributed by atoms with Crippen LogP contribution in [0.25, 0.3) is 5.69 Å². The van der Waals surface area contributed by atoms with Crippen LogP contribution in [0.4, 0.5) is 10.1 Å². The van der Waals surface area contributed by atoms with Crippen LogP contribution in [0, 0.1) is 15.9 Å². The topological polar surface area (TPSA) is 99.9 Å². The first-order valence-corrected chi connectivity index (χ1v) is 5.67. The highest BCUT2D eigenvalue weighted by molar-refractivity contribution is 5.43. The predicted octanol–water partition coefficient (Wildman–Crippen LogP) is 1.21. The lowest BCUT2D eigenvalue weighted by Crippen LogP contribution is -2.01. The number of halogens is 1. The number of hydrogen-bond acceptors (Lipinski definition) is 5. The summed E-state index contributed by atoms with van der Waals surface area (Å²) in [5.74, 6) is -0.596. The molecule has 8 heteroatoms. The van der Waals surface area contributed by atoms with E-state index in [0.29, 0.717) is 18.7 Å². The molecule has 0 radical (unpaired) electrons. The highest BCUT2D eigenvalue weighted by Crippen LogP contribution is 2.19. The van der Waals surface area contributed by atoms with Crippen LogP contribution >= 0.6 is 0 Å². The van der Waals surface area contributed by atoms with Crippen LogP contribution in [0.3, 0.4) is 0 Å². The molecule has 0 aliphatic rings. The van der Waals surface area contributed by atoms with Crippen molar-refractivity contribution in [3.8, 4) is 5.69 Å². The molecule has 0 atom stereocenters. The molecule has 100 valence electrons. The van der Waals surface area contributed by atoms with Crippen molar-refractivity contribution in [2.75, 3.05) is 6.54 Å². The Labute approximate surface area is 108 Å². The number of benzene rings is 1. The largest absolute Gasteiger partial charge is 0.330 e. The van der Waals surface area contributed by atoms with E-state index in [2.05, 4.69) is 10.3 Å². The van der Waals surface area contributed by atoms with E-state index in [4.69, 9.17) is 5.73 Å². The van der Waals surface area contributed by atoms with Crippen LogP contribution in [0.15, 0.2) is 24.4 Å². The number of aromatic nitrogens is 3. The second-order valence-electron chi connectivity index (χ2n) is 3.94. The summed E-state index contributed by atoms with van der Waals surface area (Å²) in [4.78, 5) is 10.1. The van der Waals surface area contributed by atoms with Crippen LogP contribution in [0.2, 0.25) is 0 Å². The maximum atomic E-state index is 13.6. The van der Waals surface area contributed by atoms with Gasteiger partial charge in [-0.3, -0.25) is 10.1 Å². The van der Waals surface area contributed by atoms with E-state index in [0.717, 1.165) is 24.6 Å². The number of aryl methyl sites for hydroxylation is 1. The first-order valence-electron chi connectivity index (χ1n) is 5.67. The van der Waals surface area contributed by atoms with Gasteiger partial charge in [0.05, 0.1) is 16.8 Å². The SMILES string of the molecule is NCCCc1cn(-c2cc([N+](=O)[O-])ccc2F)nn1. The fourth-order valence-corrected chi connectivity index (χ4v) is 1.60. The van der Waals surface area contributed by atoms with Crippen molar-refractivity contribution in [2.45, 2.75) is 12.8 Å². The van der Waals surface area contributed by atoms with Crippen molar-refractivity contribution in [2.24, 2.45) is 5.73 Å². The van der Waals surface area contributed by atoms with Gasteiger partial charge in [-0.1, -0.05) is 5.21 Å². The van der Waals surface area contributed by atoms with Crippen LogP contribution in [-0.2, 0) is 6.42 Å². The van der Waals surface area contributed by atoms with E-state index in [9.17, 15) is 14.5 Å². The Morgan fingerprint density at radius 3 is 2.95 bits per heavy atom. The Balaban J connectivity index is 2.32. The molecule has 0 unspecified atom stereocenters. The molecular formula is C11H12FN5O2. The number of nitrogens with two attached hydrogens (primary N) is 1. The van der Waals surface area contributed by atoms with Crippen LogP contribution in [0.5, 0.6) is 0 Å². The lowest BCUT2D eigenvalue weighted by Gasteiger charge is -2.01. The predicted molar refractivity (Wildman–Crippen MR) is 65.3 cm³/mol. The number of nitrogens with zero attached hydrogens (tertiary/aromatic N) is 4. The van der Waals surface area contributed by atoms with Crippen molar-refractivity contribution in [1.29, 1.82) is 0 Å². The van der Waals surface area contributed by atoms with Gasteiger partial charge in [0, 0.05) is 12.1 Å². The molecule has 0 bridgehead atoms. The van der Waals surface area contributed by atoms with E-state index in [1.54, 1.807) is 0 Å². The zero-order valence-corrected chi connectivity index (χ0v) is 9.99. The summed E-state index contributed by atoms with van der Waals surface area (Å²) >= 11 is 0. The van der Waals surface area contributed by atoms with Crippen LogP contribution in [0.1, 0.15) is 12.1 Å². The fourth-order valence-electron chi connectivity index (χ4n) is 1.60. The third-order valence-corrected chi connectivity index (χ3v) is 2.57. The van der Waals surface area contributed by atoms with Gasteiger partial charge in [-0.05, 0) is 25.5 Å². The molecule has 7 nitrogen and oxygen atoms in total. The van der Waals surface area contributed by atoms with E-state index < -0.39 is 10.7 Å². The molecule has 2 N–H and O–H groups in total. The minimum Gasteiger partial charge on any atom is -0.330 e. The van der Waals surface area contributed by atoms with Gasteiger partial charge in [-0.15, -0.1) is 5.10 Å². The molecule has 1 heterocycles. The number of hydrogen-bond donors (Lipinski definition) is 1. The molecule has 0 saturated heterocycles. The molecule has 0 aliphatic carbocycles. The highest BCUT2D eigenvalue weighted by atomic mass is 19.1.